The van der Waals surface area contributed by atoms with E-state index >= 15 is 0 Å². The third kappa shape index (κ3) is 3.71. The fourth-order valence-corrected chi connectivity index (χ4v) is 1.94. The lowest BCUT2D eigenvalue weighted by Crippen LogP contribution is -2.40. The number of H-pyrrole nitrogens is 1. The third-order valence-electron chi connectivity index (χ3n) is 2.78. The van der Waals surface area contributed by atoms with Crippen molar-refractivity contribution in [1.82, 2.24) is 10.2 Å². The predicted octanol–water partition coefficient (Wildman–Crippen LogP) is 1.62. The molecule has 0 aromatic carbocycles. The van der Waals surface area contributed by atoms with Gasteiger partial charge >= 0.3 is 0 Å². The van der Waals surface area contributed by atoms with Crippen LogP contribution in [-0.4, -0.2) is 29.8 Å². The van der Waals surface area contributed by atoms with E-state index in [0.717, 1.165) is 19.5 Å². The van der Waals surface area contributed by atoms with Gasteiger partial charge in [0.2, 0.25) is 0 Å². The lowest BCUT2D eigenvalue weighted by atomic mass is 9.93. The van der Waals surface area contributed by atoms with E-state index in [-0.39, 0.29) is 16.0 Å². The first-order chi connectivity index (χ1) is 8.41. The largest absolute Gasteiger partial charge is 0.368 e. The Hall–Kier alpha value is -1.07. The van der Waals surface area contributed by atoms with Crippen molar-refractivity contribution in [3.8, 4) is 0 Å². The van der Waals surface area contributed by atoms with Gasteiger partial charge in [-0.05, 0) is 18.4 Å². The van der Waals surface area contributed by atoms with Gasteiger partial charge in [0, 0.05) is 13.1 Å². The standard InChI is InChI=1S/C12H21ClN4O/c1-4-5-17(8-12(2,3)7-14)9-6-15-16-11(18)10(9)13/h6H,4-5,7-8,14H2,1-3H3,(H,16,18). The molecule has 0 atom stereocenters. The molecule has 1 aromatic rings. The number of nitrogens with two attached hydrogens (primary N) is 1. The van der Waals surface area contributed by atoms with Crippen molar-refractivity contribution in [2.75, 3.05) is 24.5 Å². The number of anilines is 1. The molecule has 1 heterocycles. The molecule has 5 nitrogen and oxygen atoms in total. The van der Waals surface area contributed by atoms with Crippen LogP contribution in [0.15, 0.2) is 11.0 Å². The molecular weight excluding hydrogens is 252 g/mol. The monoisotopic (exact) mass is 272 g/mol. The summed E-state index contributed by atoms with van der Waals surface area (Å²) in [5, 5.41) is 6.32. The van der Waals surface area contributed by atoms with Crippen LogP contribution in [0.25, 0.3) is 0 Å². The minimum atomic E-state index is -0.360. The maximum absolute atomic E-state index is 11.5. The Kier molecular flexibility index (Phi) is 5.16. The molecule has 0 amide bonds. The van der Waals surface area contributed by atoms with Crippen molar-refractivity contribution in [2.45, 2.75) is 27.2 Å². The summed E-state index contributed by atoms with van der Waals surface area (Å²) in [4.78, 5) is 13.5. The Morgan fingerprint density at radius 3 is 2.78 bits per heavy atom. The number of aromatic amines is 1. The second kappa shape index (κ2) is 6.20. The molecule has 102 valence electrons. The van der Waals surface area contributed by atoms with Crippen molar-refractivity contribution < 1.29 is 0 Å². The van der Waals surface area contributed by atoms with Gasteiger partial charge in [-0.1, -0.05) is 32.4 Å². The molecule has 0 bridgehead atoms. The highest BCUT2D eigenvalue weighted by atomic mass is 35.5. The maximum atomic E-state index is 11.5. The van der Waals surface area contributed by atoms with Gasteiger partial charge in [-0.15, -0.1) is 0 Å². The highest BCUT2D eigenvalue weighted by Crippen LogP contribution is 2.25. The Bertz CT molecular complexity index is 444. The molecule has 1 rings (SSSR count). The van der Waals surface area contributed by atoms with Gasteiger partial charge in [-0.2, -0.15) is 5.10 Å². The average Bonchev–Trinajstić information content (AvgIpc) is 2.32. The normalized spacial score (nSPS) is 11.6. The topological polar surface area (TPSA) is 75.0 Å². The summed E-state index contributed by atoms with van der Waals surface area (Å²) in [7, 11) is 0. The molecule has 0 saturated heterocycles. The van der Waals surface area contributed by atoms with Crippen LogP contribution in [0.5, 0.6) is 0 Å². The van der Waals surface area contributed by atoms with Crippen LogP contribution in [0, 0.1) is 5.41 Å². The number of aromatic nitrogens is 2. The Labute approximate surface area is 112 Å². The summed E-state index contributed by atoms with van der Waals surface area (Å²) >= 11 is 6.04. The molecular formula is C12H21ClN4O. The molecule has 0 fully saturated rings. The van der Waals surface area contributed by atoms with E-state index in [0.29, 0.717) is 12.2 Å². The van der Waals surface area contributed by atoms with Crippen LogP contribution in [0.4, 0.5) is 5.69 Å². The van der Waals surface area contributed by atoms with Crippen LogP contribution >= 0.6 is 11.6 Å². The zero-order valence-electron chi connectivity index (χ0n) is 11.2. The van der Waals surface area contributed by atoms with Gasteiger partial charge in [0.1, 0.15) is 5.02 Å². The first-order valence-corrected chi connectivity index (χ1v) is 6.47. The van der Waals surface area contributed by atoms with Gasteiger partial charge < -0.3 is 10.6 Å². The van der Waals surface area contributed by atoms with Crippen LogP contribution < -0.4 is 16.2 Å². The molecule has 6 heteroatoms. The summed E-state index contributed by atoms with van der Waals surface area (Å²) in [6, 6.07) is 0. The van der Waals surface area contributed by atoms with Gasteiger partial charge in [0.05, 0.1) is 11.9 Å². The third-order valence-corrected chi connectivity index (χ3v) is 3.15. The Morgan fingerprint density at radius 1 is 1.56 bits per heavy atom. The van der Waals surface area contributed by atoms with Crippen molar-refractivity contribution >= 4 is 17.3 Å². The van der Waals surface area contributed by atoms with Crippen LogP contribution in [0.3, 0.4) is 0 Å². The van der Waals surface area contributed by atoms with Crippen LogP contribution in [-0.2, 0) is 0 Å². The molecule has 1 aromatic heterocycles. The van der Waals surface area contributed by atoms with Gasteiger partial charge in [0.25, 0.3) is 5.56 Å². The maximum Gasteiger partial charge on any atom is 0.285 e. The summed E-state index contributed by atoms with van der Waals surface area (Å²) < 4.78 is 0. The number of hydrogen-bond donors (Lipinski definition) is 2. The highest BCUT2D eigenvalue weighted by Gasteiger charge is 2.22. The molecule has 0 radical (unpaired) electrons. The second-order valence-electron chi connectivity index (χ2n) is 5.19. The number of hydrogen-bond acceptors (Lipinski definition) is 4. The molecule has 3 N–H and O–H groups in total. The molecule has 0 saturated carbocycles. The zero-order chi connectivity index (χ0) is 13.8. The second-order valence-corrected chi connectivity index (χ2v) is 5.57. The summed E-state index contributed by atoms with van der Waals surface area (Å²) in [6.45, 7) is 8.38. The number of nitrogens with one attached hydrogen (secondary N) is 1. The van der Waals surface area contributed by atoms with Crippen molar-refractivity contribution in [3.05, 3.63) is 21.6 Å². The number of halogens is 1. The lowest BCUT2D eigenvalue weighted by molar-refractivity contribution is 0.377. The predicted molar refractivity (Wildman–Crippen MR) is 75.2 cm³/mol. The van der Waals surface area contributed by atoms with E-state index in [2.05, 4.69) is 35.9 Å². The molecule has 0 spiro atoms. The van der Waals surface area contributed by atoms with Crippen molar-refractivity contribution in [2.24, 2.45) is 11.1 Å². The van der Waals surface area contributed by atoms with Gasteiger partial charge in [-0.25, -0.2) is 5.10 Å². The number of rotatable bonds is 6. The number of nitrogens with zero attached hydrogens (tertiary/aromatic N) is 2. The van der Waals surface area contributed by atoms with E-state index in [1.54, 1.807) is 6.20 Å². The summed E-state index contributed by atoms with van der Waals surface area (Å²) in [5.74, 6) is 0. The smallest absolute Gasteiger partial charge is 0.285 e. The lowest BCUT2D eigenvalue weighted by Gasteiger charge is -2.33. The summed E-state index contributed by atoms with van der Waals surface area (Å²) in [6.07, 6.45) is 2.55. The summed E-state index contributed by atoms with van der Waals surface area (Å²) in [5.41, 5.74) is 6.02. The minimum absolute atomic E-state index is 0.0406. The quantitative estimate of drug-likeness (QED) is 0.825. The zero-order valence-corrected chi connectivity index (χ0v) is 11.9. The van der Waals surface area contributed by atoms with Crippen molar-refractivity contribution in [1.29, 1.82) is 0 Å². The fraction of sp³-hybridized carbons (Fsp3) is 0.667. The molecule has 18 heavy (non-hydrogen) atoms. The van der Waals surface area contributed by atoms with Crippen LogP contribution in [0.2, 0.25) is 5.02 Å². The van der Waals surface area contributed by atoms with E-state index in [4.69, 9.17) is 17.3 Å². The SMILES string of the molecule is CCCN(CC(C)(C)CN)c1cn[nH]c(=O)c1Cl. The fourth-order valence-electron chi connectivity index (χ4n) is 1.73. The van der Waals surface area contributed by atoms with E-state index in [1.165, 1.54) is 0 Å². The van der Waals surface area contributed by atoms with E-state index in [9.17, 15) is 4.79 Å². The van der Waals surface area contributed by atoms with E-state index in [1.807, 2.05) is 0 Å². The minimum Gasteiger partial charge on any atom is -0.368 e. The molecule has 0 aliphatic heterocycles. The first-order valence-electron chi connectivity index (χ1n) is 6.09. The van der Waals surface area contributed by atoms with Gasteiger partial charge in [0.15, 0.2) is 0 Å². The van der Waals surface area contributed by atoms with Gasteiger partial charge in [-0.3, -0.25) is 4.79 Å². The first kappa shape index (κ1) is 15.0. The molecule has 0 aliphatic rings. The van der Waals surface area contributed by atoms with E-state index < -0.39 is 0 Å². The molecule has 0 aliphatic carbocycles. The molecule has 0 unspecified atom stereocenters. The highest BCUT2D eigenvalue weighted by molar-refractivity contribution is 6.32. The van der Waals surface area contributed by atoms with Crippen molar-refractivity contribution in [3.63, 3.8) is 0 Å². The Morgan fingerprint density at radius 2 is 2.22 bits per heavy atom. The average molecular weight is 273 g/mol. The van der Waals surface area contributed by atoms with Crippen LogP contribution in [0.1, 0.15) is 27.2 Å². The Balaban J connectivity index is 3.05.